The lowest BCUT2D eigenvalue weighted by atomic mass is 10.3. The Bertz CT molecular complexity index is 140. The minimum Gasteiger partial charge on any atom is -0.156 e. The van der Waals surface area contributed by atoms with Gasteiger partial charge < -0.3 is 0 Å². The maximum Gasteiger partial charge on any atom is 0.00750 e. The van der Waals surface area contributed by atoms with Crippen molar-refractivity contribution in [1.82, 2.24) is 0 Å². The molecule has 70 valence electrons. The fourth-order valence-corrected chi connectivity index (χ4v) is 1.70. The first-order chi connectivity index (χ1) is 5.56. The molecule has 12 heavy (non-hydrogen) atoms. The quantitative estimate of drug-likeness (QED) is 0.459. The lowest BCUT2D eigenvalue weighted by molar-refractivity contribution is 0.798. The van der Waals surface area contributed by atoms with Gasteiger partial charge in [0, 0.05) is 4.75 Å². The monoisotopic (exact) mass is 184 g/mol. The maximum absolute atomic E-state index is 3.63. The summed E-state index contributed by atoms with van der Waals surface area (Å²) in [5.74, 6) is 1.25. The molecule has 0 fully saturated rings. The molecule has 0 bridgehead atoms. The molecule has 1 heteroatoms. The van der Waals surface area contributed by atoms with Crippen LogP contribution in [0.15, 0.2) is 24.8 Å². The molecule has 0 amide bonds. The van der Waals surface area contributed by atoms with Gasteiger partial charge in [0.25, 0.3) is 0 Å². The lowest BCUT2D eigenvalue weighted by Crippen LogP contribution is -2.07. The zero-order valence-electron chi connectivity index (χ0n) is 8.47. The average Bonchev–Trinajstić information content (AvgIpc) is 1.94. The van der Waals surface area contributed by atoms with Gasteiger partial charge in [-0.1, -0.05) is 45.6 Å². The van der Waals surface area contributed by atoms with Gasteiger partial charge in [0.2, 0.25) is 0 Å². The van der Waals surface area contributed by atoms with E-state index in [1.165, 1.54) is 18.6 Å². The highest BCUT2D eigenvalue weighted by Gasteiger charge is 2.08. The van der Waals surface area contributed by atoms with E-state index in [1.807, 2.05) is 23.9 Å². The summed E-state index contributed by atoms with van der Waals surface area (Å²) in [5, 5.41) is 0. The van der Waals surface area contributed by atoms with Gasteiger partial charge >= 0.3 is 0 Å². The fourth-order valence-electron chi connectivity index (χ4n) is 0.772. The van der Waals surface area contributed by atoms with Crippen LogP contribution in [0.5, 0.6) is 0 Å². The van der Waals surface area contributed by atoms with Crippen LogP contribution in [0.2, 0.25) is 0 Å². The summed E-state index contributed by atoms with van der Waals surface area (Å²) in [6.07, 6.45) is 8.47. The molecule has 0 heterocycles. The largest absolute Gasteiger partial charge is 0.156 e. The van der Waals surface area contributed by atoms with Crippen LogP contribution in [0.3, 0.4) is 0 Å². The van der Waals surface area contributed by atoms with E-state index in [4.69, 9.17) is 0 Å². The van der Waals surface area contributed by atoms with Crippen LogP contribution in [0, 0.1) is 0 Å². The first-order valence-electron chi connectivity index (χ1n) is 4.48. The molecular weight excluding hydrogens is 164 g/mol. The summed E-state index contributed by atoms with van der Waals surface area (Å²) in [6, 6.07) is 0. The molecule has 0 saturated carbocycles. The topological polar surface area (TPSA) is 0 Å². The Hall–Kier alpha value is -0.170. The summed E-state index contributed by atoms with van der Waals surface area (Å²) in [4.78, 5) is 0. The molecule has 0 aromatic heterocycles. The van der Waals surface area contributed by atoms with E-state index in [0.717, 1.165) is 0 Å². The van der Waals surface area contributed by atoms with Crippen LogP contribution in [-0.2, 0) is 0 Å². The molecule has 0 spiro atoms. The van der Waals surface area contributed by atoms with Crippen molar-refractivity contribution in [2.45, 2.75) is 38.4 Å². The van der Waals surface area contributed by atoms with Crippen molar-refractivity contribution >= 4 is 11.8 Å². The third-order valence-electron chi connectivity index (χ3n) is 1.32. The number of allylic oxidation sites excluding steroid dienone is 3. The van der Waals surface area contributed by atoms with Crippen molar-refractivity contribution < 1.29 is 0 Å². The Morgan fingerprint density at radius 2 is 2.00 bits per heavy atom. The molecule has 0 aromatic carbocycles. The Balaban J connectivity index is 3.22. The molecule has 0 unspecified atom stereocenters. The predicted molar refractivity (Wildman–Crippen MR) is 60.8 cm³/mol. The zero-order chi connectivity index (χ0) is 9.45. The summed E-state index contributed by atoms with van der Waals surface area (Å²) in [5.41, 5.74) is 0. The van der Waals surface area contributed by atoms with Crippen LogP contribution in [-0.4, -0.2) is 10.5 Å². The normalized spacial score (nSPS) is 12.2. The van der Waals surface area contributed by atoms with Crippen LogP contribution in [0.4, 0.5) is 0 Å². The molecule has 0 aliphatic heterocycles. The highest BCUT2D eigenvalue weighted by molar-refractivity contribution is 8.00. The van der Waals surface area contributed by atoms with Crippen molar-refractivity contribution in [1.29, 1.82) is 0 Å². The molecule has 0 N–H and O–H groups in total. The van der Waals surface area contributed by atoms with Crippen molar-refractivity contribution in [3.8, 4) is 0 Å². The lowest BCUT2D eigenvalue weighted by Gasteiger charge is -2.16. The van der Waals surface area contributed by atoms with E-state index in [0.29, 0.717) is 4.75 Å². The second kappa shape index (κ2) is 6.36. The maximum atomic E-state index is 3.63. The molecule has 0 aliphatic carbocycles. The van der Waals surface area contributed by atoms with E-state index in [9.17, 15) is 0 Å². The van der Waals surface area contributed by atoms with Gasteiger partial charge in [0.15, 0.2) is 0 Å². The smallest absolute Gasteiger partial charge is 0.00750 e. The van der Waals surface area contributed by atoms with Gasteiger partial charge in [-0.25, -0.2) is 0 Å². The Labute approximate surface area is 81.1 Å². The summed E-state index contributed by atoms with van der Waals surface area (Å²) in [7, 11) is 0. The van der Waals surface area contributed by atoms with Crippen LogP contribution in [0.1, 0.15) is 33.6 Å². The number of hydrogen-bond acceptors (Lipinski definition) is 1. The molecule has 0 aromatic rings. The summed E-state index contributed by atoms with van der Waals surface area (Å²) < 4.78 is 0.419. The van der Waals surface area contributed by atoms with E-state index >= 15 is 0 Å². The summed E-state index contributed by atoms with van der Waals surface area (Å²) in [6.45, 7) is 10.4. The Morgan fingerprint density at radius 1 is 1.33 bits per heavy atom. The molecule has 0 saturated heterocycles. The third kappa shape index (κ3) is 9.83. The first-order valence-corrected chi connectivity index (χ1v) is 5.46. The second-order valence-corrected chi connectivity index (χ2v) is 5.69. The van der Waals surface area contributed by atoms with E-state index in [-0.39, 0.29) is 0 Å². The Morgan fingerprint density at radius 3 is 2.50 bits per heavy atom. The van der Waals surface area contributed by atoms with Crippen molar-refractivity contribution in [3.05, 3.63) is 24.8 Å². The SMILES string of the molecule is C=C/C=C\CCCSC(C)(C)C. The van der Waals surface area contributed by atoms with E-state index in [2.05, 4.69) is 33.4 Å². The van der Waals surface area contributed by atoms with E-state index in [1.54, 1.807) is 0 Å². The van der Waals surface area contributed by atoms with Gasteiger partial charge in [-0.15, -0.1) is 0 Å². The van der Waals surface area contributed by atoms with Crippen LogP contribution < -0.4 is 0 Å². The minimum atomic E-state index is 0.419. The zero-order valence-corrected chi connectivity index (χ0v) is 9.29. The molecular formula is C11H20S. The average molecular weight is 184 g/mol. The first kappa shape index (κ1) is 11.8. The van der Waals surface area contributed by atoms with Crippen LogP contribution in [0.25, 0.3) is 0 Å². The molecule has 0 nitrogen and oxygen atoms in total. The number of unbranched alkanes of at least 4 members (excludes halogenated alkanes) is 1. The van der Waals surface area contributed by atoms with Crippen LogP contribution >= 0.6 is 11.8 Å². The standard InChI is InChI=1S/C11H20S/c1-5-6-7-8-9-10-12-11(2,3)4/h5-7H,1,8-10H2,2-4H3/b7-6-. The van der Waals surface area contributed by atoms with Crippen molar-refractivity contribution in [2.75, 3.05) is 5.75 Å². The highest BCUT2D eigenvalue weighted by Crippen LogP contribution is 2.23. The minimum absolute atomic E-state index is 0.419. The molecule has 0 atom stereocenters. The van der Waals surface area contributed by atoms with Gasteiger partial charge in [-0.3, -0.25) is 0 Å². The van der Waals surface area contributed by atoms with Gasteiger partial charge in [0.1, 0.15) is 0 Å². The van der Waals surface area contributed by atoms with Gasteiger partial charge in [-0.2, -0.15) is 11.8 Å². The van der Waals surface area contributed by atoms with Gasteiger partial charge in [-0.05, 0) is 18.6 Å². The van der Waals surface area contributed by atoms with Gasteiger partial charge in [0.05, 0.1) is 0 Å². The number of thioether (sulfide) groups is 1. The fraction of sp³-hybridized carbons (Fsp3) is 0.636. The third-order valence-corrected chi connectivity index (χ3v) is 2.68. The second-order valence-electron chi connectivity index (χ2n) is 3.77. The highest BCUT2D eigenvalue weighted by atomic mass is 32.2. The van der Waals surface area contributed by atoms with Crippen molar-refractivity contribution in [2.24, 2.45) is 0 Å². The Kier molecular flexibility index (Phi) is 6.27. The van der Waals surface area contributed by atoms with E-state index < -0.39 is 0 Å². The number of hydrogen-bond donors (Lipinski definition) is 0. The molecule has 0 rings (SSSR count). The van der Waals surface area contributed by atoms with Crippen molar-refractivity contribution in [3.63, 3.8) is 0 Å². The molecule has 0 radical (unpaired) electrons. The predicted octanol–water partition coefficient (Wildman–Crippen LogP) is 4.04. The molecule has 0 aliphatic rings. The summed E-state index contributed by atoms with van der Waals surface area (Å²) >= 11 is 2.03. The number of rotatable bonds is 5.